The van der Waals surface area contributed by atoms with Gasteiger partial charge in [-0.25, -0.2) is 4.98 Å². The summed E-state index contributed by atoms with van der Waals surface area (Å²) in [4.78, 5) is 32.1. The smallest absolute Gasteiger partial charge is 0.306 e. The van der Waals surface area contributed by atoms with Crippen molar-refractivity contribution in [3.8, 4) is 0 Å². The van der Waals surface area contributed by atoms with E-state index < -0.39 is 0 Å². The second-order valence-corrected chi connectivity index (χ2v) is 19.0. The van der Waals surface area contributed by atoms with Gasteiger partial charge in [-0.1, -0.05) is 123 Å². The van der Waals surface area contributed by atoms with Crippen molar-refractivity contribution in [2.75, 3.05) is 32.8 Å². The first-order valence-electron chi connectivity index (χ1n) is 24.5. The van der Waals surface area contributed by atoms with Crippen molar-refractivity contribution in [1.82, 2.24) is 14.5 Å². The Bertz CT molecular complexity index is 1090. The molecular weight excluding hydrogens is 695 g/mol. The maximum atomic E-state index is 12.7. The predicted molar refractivity (Wildman–Crippen MR) is 231 cm³/mol. The van der Waals surface area contributed by atoms with E-state index in [1.165, 1.54) is 161 Å². The fourth-order valence-corrected chi connectivity index (χ4v) is 11.1. The number of carbonyl (C=O) groups excluding carboxylic acids is 2. The Morgan fingerprint density at radius 2 is 1.18 bits per heavy atom. The lowest BCUT2D eigenvalue weighted by atomic mass is 9.49. The van der Waals surface area contributed by atoms with Crippen LogP contribution in [0.3, 0.4) is 0 Å². The molecule has 4 aliphatic rings. The second kappa shape index (κ2) is 28.5. The number of unbranched alkanes of at least 4 members (excludes halogenated alkanes) is 15. The molecule has 0 aromatic carbocycles. The first-order valence-corrected chi connectivity index (χ1v) is 24.5. The zero-order valence-corrected chi connectivity index (χ0v) is 36.7. The van der Waals surface area contributed by atoms with E-state index >= 15 is 0 Å². The highest BCUT2D eigenvalue weighted by Crippen LogP contribution is 2.61. The number of aryl methyl sites for hydroxylation is 1. The molecule has 322 valence electrons. The van der Waals surface area contributed by atoms with Crippen LogP contribution < -0.4 is 0 Å². The number of ether oxygens (including phenoxy) is 2. The Morgan fingerprint density at radius 3 is 1.77 bits per heavy atom. The monoisotopic (exact) mass is 782 g/mol. The highest BCUT2D eigenvalue weighted by molar-refractivity contribution is 5.70. The van der Waals surface area contributed by atoms with Crippen LogP contribution in [0, 0.1) is 29.1 Å². The molecule has 0 amide bonds. The third-order valence-corrected chi connectivity index (χ3v) is 13.8. The molecule has 4 bridgehead atoms. The summed E-state index contributed by atoms with van der Waals surface area (Å²) in [5, 5.41) is 0. The number of aromatic nitrogens is 2. The first-order chi connectivity index (χ1) is 27.5. The van der Waals surface area contributed by atoms with Crippen LogP contribution in [-0.4, -0.2) is 59.2 Å². The number of hydrogen-bond donors (Lipinski definition) is 0. The van der Waals surface area contributed by atoms with Crippen LogP contribution in [0.5, 0.6) is 0 Å². The van der Waals surface area contributed by atoms with E-state index in [4.69, 9.17) is 9.47 Å². The zero-order valence-electron chi connectivity index (χ0n) is 36.7. The maximum Gasteiger partial charge on any atom is 0.306 e. The molecule has 4 fully saturated rings. The lowest BCUT2D eigenvalue weighted by molar-refractivity contribution is -0.152. The summed E-state index contributed by atoms with van der Waals surface area (Å²) in [5.74, 6) is 3.49. The average molecular weight is 782 g/mol. The molecule has 7 nitrogen and oxygen atoms in total. The largest absolute Gasteiger partial charge is 0.466 e. The van der Waals surface area contributed by atoms with Gasteiger partial charge < -0.3 is 18.9 Å². The van der Waals surface area contributed by atoms with Gasteiger partial charge in [-0.05, 0) is 126 Å². The van der Waals surface area contributed by atoms with Crippen LogP contribution in [0.2, 0.25) is 0 Å². The summed E-state index contributed by atoms with van der Waals surface area (Å²) in [5.41, 5.74) is 0.292. The van der Waals surface area contributed by atoms with Gasteiger partial charge in [-0.3, -0.25) is 9.59 Å². The molecule has 0 atom stereocenters. The third-order valence-electron chi connectivity index (χ3n) is 13.8. The van der Waals surface area contributed by atoms with Crippen molar-refractivity contribution in [1.29, 1.82) is 0 Å². The van der Waals surface area contributed by atoms with Crippen LogP contribution in [0.25, 0.3) is 0 Å². The first kappa shape index (κ1) is 46.8. The summed E-state index contributed by atoms with van der Waals surface area (Å²) in [6.07, 6.45) is 43.6. The van der Waals surface area contributed by atoms with Gasteiger partial charge in [0.25, 0.3) is 0 Å². The van der Waals surface area contributed by atoms with E-state index in [1.54, 1.807) is 0 Å². The molecule has 1 aromatic heterocycles. The minimum Gasteiger partial charge on any atom is -0.466 e. The summed E-state index contributed by atoms with van der Waals surface area (Å²) in [7, 11) is 0. The van der Waals surface area contributed by atoms with Gasteiger partial charge in [-0.15, -0.1) is 0 Å². The van der Waals surface area contributed by atoms with E-state index in [9.17, 15) is 9.59 Å². The lowest BCUT2D eigenvalue weighted by Gasteiger charge is -2.56. The van der Waals surface area contributed by atoms with Gasteiger partial charge in [0.1, 0.15) is 0 Å². The summed E-state index contributed by atoms with van der Waals surface area (Å²) < 4.78 is 13.7. The highest BCUT2D eigenvalue weighted by atomic mass is 16.5. The zero-order chi connectivity index (χ0) is 39.5. The van der Waals surface area contributed by atoms with Crippen molar-refractivity contribution in [3.05, 3.63) is 18.7 Å². The third kappa shape index (κ3) is 19.7. The summed E-state index contributed by atoms with van der Waals surface area (Å²) in [6.45, 7) is 10.3. The molecule has 4 aliphatic carbocycles. The molecule has 7 heteroatoms. The lowest BCUT2D eigenvalue weighted by Crippen LogP contribution is -2.47. The van der Waals surface area contributed by atoms with Crippen molar-refractivity contribution >= 4 is 11.9 Å². The molecule has 0 unspecified atom stereocenters. The van der Waals surface area contributed by atoms with Crippen molar-refractivity contribution in [2.24, 2.45) is 29.1 Å². The molecule has 0 spiro atoms. The van der Waals surface area contributed by atoms with E-state index in [2.05, 4.69) is 34.5 Å². The molecule has 56 heavy (non-hydrogen) atoms. The fourth-order valence-electron chi connectivity index (χ4n) is 11.1. The SMILES string of the molecule is CCCCCCC(CCCCCC)CCOC(=O)CCCCCCCN(CCCCCCCCOC(=O)CC12CC3CC(CC(C3)C1)C2)CCCn1ccnc1. The summed E-state index contributed by atoms with van der Waals surface area (Å²) >= 11 is 0. The maximum absolute atomic E-state index is 12.7. The Labute approximate surface area is 344 Å². The number of rotatable bonds is 36. The quantitative estimate of drug-likeness (QED) is 0.0499. The number of esters is 2. The summed E-state index contributed by atoms with van der Waals surface area (Å²) in [6, 6.07) is 0. The standard InChI is InChI=1S/C49H87N3O4/c1-3-5-7-16-23-43(24-17-8-6-4-2)26-34-56-47(53)25-18-12-11-14-20-29-51(30-22-31-52-32-27-50-42-52)28-19-13-9-10-15-21-33-55-48(54)41-49-38-44-35-45(39-49)37-46(36-44)40-49/h27,32,42-46H,3-26,28-31,33-41H2,1-2H3. The van der Waals surface area contributed by atoms with Gasteiger partial charge in [0.2, 0.25) is 0 Å². The van der Waals surface area contributed by atoms with Crippen molar-refractivity contribution < 1.29 is 19.1 Å². The highest BCUT2D eigenvalue weighted by Gasteiger charge is 2.51. The van der Waals surface area contributed by atoms with E-state index in [0.29, 0.717) is 31.5 Å². The van der Waals surface area contributed by atoms with Crippen LogP contribution in [0.1, 0.15) is 213 Å². The molecule has 0 saturated heterocycles. The number of carbonyl (C=O) groups is 2. The van der Waals surface area contributed by atoms with E-state index in [0.717, 1.165) is 75.3 Å². The molecule has 0 aliphatic heterocycles. The van der Waals surface area contributed by atoms with E-state index in [1.807, 2.05) is 12.5 Å². The van der Waals surface area contributed by atoms with Gasteiger partial charge in [-0.2, -0.15) is 0 Å². The van der Waals surface area contributed by atoms with Crippen LogP contribution >= 0.6 is 0 Å². The minimum absolute atomic E-state index is 0.00985. The Hall–Kier alpha value is -1.89. The Morgan fingerprint density at radius 1 is 0.643 bits per heavy atom. The molecule has 5 rings (SSSR count). The molecule has 0 N–H and O–H groups in total. The topological polar surface area (TPSA) is 73.7 Å². The fraction of sp³-hybridized carbons (Fsp3) is 0.898. The number of imidazole rings is 1. The number of hydrogen-bond acceptors (Lipinski definition) is 6. The van der Waals surface area contributed by atoms with E-state index in [-0.39, 0.29) is 11.9 Å². The van der Waals surface area contributed by atoms with Gasteiger partial charge in [0, 0.05) is 25.4 Å². The van der Waals surface area contributed by atoms with Crippen LogP contribution in [-0.2, 0) is 25.6 Å². The molecular formula is C49H87N3O4. The molecule has 1 heterocycles. The van der Waals surface area contributed by atoms with Crippen LogP contribution in [0.4, 0.5) is 0 Å². The Kier molecular flexibility index (Phi) is 23.8. The van der Waals surface area contributed by atoms with Gasteiger partial charge in [0.05, 0.1) is 26.0 Å². The van der Waals surface area contributed by atoms with Gasteiger partial charge >= 0.3 is 11.9 Å². The Balaban J connectivity index is 0.988. The number of nitrogens with zero attached hydrogens (tertiary/aromatic N) is 3. The predicted octanol–water partition coefficient (Wildman–Crippen LogP) is 12.9. The molecule has 0 radical (unpaired) electrons. The van der Waals surface area contributed by atoms with Crippen molar-refractivity contribution in [3.63, 3.8) is 0 Å². The molecule has 1 aromatic rings. The molecule has 4 saturated carbocycles. The second-order valence-electron chi connectivity index (χ2n) is 19.0. The average Bonchev–Trinajstić information content (AvgIpc) is 3.69. The minimum atomic E-state index is 0.00985. The van der Waals surface area contributed by atoms with Gasteiger partial charge in [0.15, 0.2) is 0 Å². The van der Waals surface area contributed by atoms with Crippen molar-refractivity contribution in [2.45, 2.75) is 219 Å². The normalized spacial score (nSPS) is 21.4. The van der Waals surface area contributed by atoms with Crippen LogP contribution in [0.15, 0.2) is 18.7 Å².